The molecular formula is C26H27N5O3. The molecule has 8 heteroatoms. The van der Waals surface area contributed by atoms with E-state index in [1.807, 2.05) is 59.3 Å². The van der Waals surface area contributed by atoms with E-state index in [2.05, 4.69) is 18.8 Å². The summed E-state index contributed by atoms with van der Waals surface area (Å²) >= 11 is 0. The molecule has 1 aromatic heterocycles. The van der Waals surface area contributed by atoms with Crippen LogP contribution in [0.5, 0.6) is 11.5 Å². The van der Waals surface area contributed by atoms with Gasteiger partial charge in [-0.05, 0) is 55.8 Å². The Morgan fingerprint density at radius 3 is 2.47 bits per heavy atom. The van der Waals surface area contributed by atoms with Gasteiger partial charge in [-0.2, -0.15) is 5.10 Å². The van der Waals surface area contributed by atoms with Crippen LogP contribution in [0.3, 0.4) is 0 Å². The first-order chi connectivity index (χ1) is 16.4. The molecule has 0 radical (unpaired) electrons. The fourth-order valence-electron chi connectivity index (χ4n) is 4.79. The van der Waals surface area contributed by atoms with E-state index < -0.39 is 5.91 Å². The molecule has 1 fully saturated rings. The maximum atomic E-state index is 12.5. The van der Waals surface area contributed by atoms with Crippen molar-refractivity contribution in [3.8, 4) is 22.8 Å². The van der Waals surface area contributed by atoms with Crippen molar-refractivity contribution >= 4 is 17.6 Å². The number of aromatic nitrogens is 2. The maximum Gasteiger partial charge on any atom is 0.254 e. The predicted molar refractivity (Wildman–Crippen MR) is 130 cm³/mol. The van der Waals surface area contributed by atoms with Gasteiger partial charge in [-0.25, -0.2) is 4.68 Å². The van der Waals surface area contributed by atoms with E-state index >= 15 is 0 Å². The summed E-state index contributed by atoms with van der Waals surface area (Å²) in [6.07, 6.45) is 2.17. The summed E-state index contributed by atoms with van der Waals surface area (Å²) in [6.45, 7) is 7.66. The van der Waals surface area contributed by atoms with Crippen molar-refractivity contribution in [1.29, 1.82) is 0 Å². The monoisotopic (exact) mass is 457 g/mol. The standard InChI is InChI=1S/C26H27N5O3/c1-3-21(32)30-15-18(16-30)26(2)13-14-28-25-22(24(27)33)23(29-31(25)26)17-9-11-20(12-10-17)34-19-7-5-4-6-8-19/h3-12,18,28H,1,13-16H2,2H3,(H2,27,33). The van der Waals surface area contributed by atoms with Crippen molar-refractivity contribution in [2.75, 3.05) is 25.0 Å². The highest BCUT2D eigenvalue weighted by atomic mass is 16.5. The van der Waals surface area contributed by atoms with Crippen molar-refractivity contribution in [3.05, 3.63) is 72.8 Å². The Kier molecular flexibility index (Phi) is 5.36. The number of fused-ring (bicyclic) bond motifs is 1. The summed E-state index contributed by atoms with van der Waals surface area (Å²) < 4.78 is 7.79. The van der Waals surface area contributed by atoms with Crippen LogP contribution >= 0.6 is 0 Å². The van der Waals surface area contributed by atoms with Crippen molar-refractivity contribution in [2.45, 2.75) is 18.9 Å². The van der Waals surface area contributed by atoms with Gasteiger partial charge in [-0.15, -0.1) is 0 Å². The molecule has 1 unspecified atom stereocenters. The molecule has 0 bridgehead atoms. The fourth-order valence-corrected chi connectivity index (χ4v) is 4.79. The summed E-state index contributed by atoms with van der Waals surface area (Å²) in [5, 5.41) is 8.22. The molecule has 2 aliphatic heterocycles. The molecule has 5 rings (SSSR count). The van der Waals surface area contributed by atoms with Crippen LogP contribution in [-0.2, 0) is 10.3 Å². The predicted octanol–water partition coefficient (Wildman–Crippen LogP) is 3.62. The lowest BCUT2D eigenvalue weighted by molar-refractivity contribution is -0.135. The molecule has 2 amide bonds. The minimum Gasteiger partial charge on any atom is -0.457 e. The SMILES string of the molecule is C=CC(=O)N1CC(C2(C)CCNc3c(C(N)=O)c(-c4ccc(Oc5ccccc5)cc4)nn32)C1. The van der Waals surface area contributed by atoms with Gasteiger partial charge in [0.25, 0.3) is 5.91 Å². The first-order valence-electron chi connectivity index (χ1n) is 11.3. The van der Waals surface area contributed by atoms with Gasteiger partial charge < -0.3 is 20.7 Å². The van der Waals surface area contributed by atoms with Crippen molar-refractivity contribution in [3.63, 3.8) is 0 Å². The molecule has 0 aliphatic carbocycles. The van der Waals surface area contributed by atoms with Crippen molar-refractivity contribution < 1.29 is 14.3 Å². The third kappa shape index (κ3) is 3.61. The minimum atomic E-state index is -0.533. The molecule has 3 N–H and O–H groups in total. The zero-order chi connectivity index (χ0) is 23.9. The molecule has 3 heterocycles. The number of carbonyl (C=O) groups excluding carboxylic acids is 2. The van der Waals surface area contributed by atoms with E-state index in [1.54, 1.807) is 4.90 Å². The number of ether oxygens (including phenoxy) is 1. The summed E-state index contributed by atoms with van der Waals surface area (Å²) in [4.78, 5) is 26.2. The van der Waals surface area contributed by atoms with Gasteiger partial charge in [-0.3, -0.25) is 9.59 Å². The van der Waals surface area contributed by atoms with Crippen LogP contribution in [0, 0.1) is 5.92 Å². The molecule has 2 aliphatic rings. The zero-order valence-electron chi connectivity index (χ0n) is 19.0. The Morgan fingerprint density at radius 1 is 1.15 bits per heavy atom. The Morgan fingerprint density at radius 2 is 1.82 bits per heavy atom. The number of carbonyl (C=O) groups is 2. The lowest BCUT2D eigenvalue weighted by Gasteiger charge is -2.50. The Labute approximate surface area is 198 Å². The second-order valence-electron chi connectivity index (χ2n) is 8.97. The molecule has 0 saturated carbocycles. The number of nitrogens with one attached hydrogen (secondary N) is 1. The fraction of sp³-hybridized carbons (Fsp3) is 0.269. The Hall–Kier alpha value is -4.07. The van der Waals surface area contributed by atoms with Gasteiger partial charge >= 0.3 is 0 Å². The number of nitrogens with zero attached hydrogens (tertiary/aromatic N) is 3. The normalized spacial score (nSPS) is 19.5. The van der Waals surface area contributed by atoms with Crippen molar-refractivity contribution in [2.24, 2.45) is 11.7 Å². The Bertz CT molecular complexity index is 1250. The molecule has 1 atom stereocenters. The summed E-state index contributed by atoms with van der Waals surface area (Å²) in [5.41, 5.74) is 7.16. The largest absolute Gasteiger partial charge is 0.457 e. The van der Waals surface area contributed by atoms with Crippen LogP contribution < -0.4 is 15.8 Å². The number of amides is 2. The molecule has 1 saturated heterocycles. The van der Waals surface area contributed by atoms with Crippen LogP contribution in [0.15, 0.2) is 67.3 Å². The Balaban J connectivity index is 1.47. The van der Waals surface area contributed by atoms with Crippen LogP contribution in [0.4, 0.5) is 5.82 Å². The maximum absolute atomic E-state index is 12.5. The van der Waals surface area contributed by atoms with Crippen LogP contribution in [-0.4, -0.2) is 46.1 Å². The molecule has 3 aromatic rings. The number of benzene rings is 2. The summed E-state index contributed by atoms with van der Waals surface area (Å²) in [5.74, 6) is 1.68. The van der Waals surface area contributed by atoms with Gasteiger partial charge in [0.15, 0.2) is 0 Å². The number of likely N-dealkylation sites (tertiary alicyclic amines) is 1. The van der Waals surface area contributed by atoms with Crippen LogP contribution in [0.2, 0.25) is 0 Å². The zero-order valence-corrected chi connectivity index (χ0v) is 19.0. The van der Waals surface area contributed by atoms with Crippen LogP contribution in [0.1, 0.15) is 23.7 Å². The van der Waals surface area contributed by atoms with E-state index in [1.165, 1.54) is 6.08 Å². The minimum absolute atomic E-state index is 0.0641. The third-order valence-corrected chi connectivity index (χ3v) is 6.89. The topological polar surface area (TPSA) is 102 Å². The molecule has 174 valence electrons. The van der Waals surface area contributed by atoms with Gasteiger partial charge in [0.1, 0.15) is 28.6 Å². The highest BCUT2D eigenvalue weighted by Gasteiger charge is 2.48. The first-order valence-corrected chi connectivity index (χ1v) is 11.3. The van der Waals surface area contributed by atoms with Gasteiger partial charge in [0, 0.05) is 31.1 Å². The smallest absolute Gasteiger partial charge is 0.254 e. The second-order valence-corrected chi connectivity index (χ2v) is 8.97. The molecule has 34 heavy (non-hydrogen) atoms. The van der Waals surface area contributed by atoms with Gasteiger partial charge in [0.05, 0.1) is 5.54 Å². The average molecular weight is 458 g/mol. The number of anilines is 1. The lowest BCUT2D eigenvalue weighted by Crippen LogP contribution is -2.60. The molecular weight excluding hydrogens is 430 g/mol. The van der Waals surface area contributed by atoms with E-state index in [9.17, 15) is 9.59 Å². The third-order valence-electron chi connectivity index (χ3n) is 6.89. The van der Waals surface area contributed by atoms with Crippen LogP contribution in [0.25, 0.3) is 11.3 Å². The second kappa shape index (κ2) is 8.37. The number of primary amides is 1. The molecule has 0 spiro atoms. The highest BCUT2D eigenvalue weighted by Crippen LogP contribution is 2.43. The summed E-state index contributed by atoms with van der Waals surface area (Å²) in [6, 6.07) is 17.0. The van der Waals surface area contributed by atoms with E-state index in [4.69, 9.17) is 15.6 Å². The number of hydrogen-bond acceptors (Lipinski definition) is 5. The van der Waals surface area contributed by atoms with Gasteiger partial charge in [-0.1, -0.05) is 24.8 Å². The number of rotatable bonds is 6. The van der Waals surface area contributed by atoms with E-state index in [-0.39, 0.29) is 17.4 Å². The first kappa shape index (κ1) is 21.8. The number of para-hydroxylation sites is 1. The molecule has 8 nitrogen and oxygen atoms in total. The van der Waals surface area contributed by atoms with E-state index in [0.717, 1.165) is 17.7 Å². The highest BCUT2D eigenvalue weighted by molar-refractivity contribution is 6.04. The summed E-state index contributed by atoms with van der Waals surface area (Å²) in [7, 11) is 0. The lowest BCUT2D eigenvalue weighted by atomic mass is 9.77. The van der Waals surface area contributed by atoms with Crippen molar-refractivity contribution in [1.82, 2.24) is 14.7 Å². The quantitative estimate of drug-likeness (QED) is 0.551. The number of nitrogens with two attached hydrogens (primary N) is 1. The molecule has 2 aromatic carbocycles. The average Bonchev–Trinajstić information content (AvgIpc) is 3.21. The van der Waals surface area contributed by atoms with Gasteiger partial charge in [0.2, 0.25) is 5.91 Å². The number of hydrogen-bond donors (Lipinski definition) is 2. The van der Waals surface area contributed by atoms with E-state index in [0.29, 0.717) is 42.5 Å².